The molecule has 0 N–H and O–H groups in total. The summed E-state index contributed by atoms with van der Waals surface area (Å²) in [5, 5.41) is 3.06. The Balaban J connectivity index is 1.32. The van der Waals surface area contributed by atoms with Gasteiger partial charge in [-0.25, -0.2) is 9.97 Å². The van der Waals surface area contributed by atoms with Crippen LogP contribution in [-0.4, -0.2) is 34.4 Å². The van der Waals surface area contributed by atoms with E-state index in [9.17, 15) is 0 Å². The van der Waals surface area contributed by atoms with E-state index in [1.807, 2.05) is 60.8 Å². The van der Waals surface area contributed by atoms with Crippen molar-refractivity contribution in [1.82, 2.24) is 9.97 Å². The molecule has 3 aromatic carbocycles. The maximum absolute atomic E-state index is 6.83. The Labute approximate surface area is 238 Å². The number of thiophene rings is 1. The first-order chi connectivity index (χ1) is 19.7. The van der Waals surface area contributed by atoms with E-state index in [-0.39, 0.29) is 6.10 Å². The van der Waals surface area contributed by atoms with Crippen LogP contribution in [0.5, 0.6) is 0 Å². The van der Waals surface area contributed by atoms with Crippen molar-refractivity contribution in [2.24, 2.45) is 0 Å². The number of ether oxygens (including phenoxy) is 4. The Morgan fingerprint density at radius 3 is 2.12 bits per heavy atom. The second-order valence-electron chi connectivity index (χ2n) is 10.2. The van der Waals surface area contributed by atoms with Crippen LogP contribution >= 0.6 is 11.3 Å². The maximum Gasteiger partial charge on any atom is 0.126 e. The molecule has 5 aromatic rings. The Bertz CT molecular complexity index is 1500. The highest BCUT2D eigenvalue weighted by atomic mass is 32.1. The summed E-state index contributed by atoms with van der Waals surface area (Å²) in [6.07, 6.45) is 2.27. The summed E-state index contributed by atoms with van der Waals surface area (Å²) in [4.78, 5) is 9.82. The summed E-state index contributed by atoms with van der Waals surface area (Å²) >= 11 is 1.62. The molecule has 6 rings (SSSR count). The molecule has 3 heterocycles. The third kappa shape index (κ3) is 5.84. The predicted octanol–water partition coefficient (Wildman–Crippen LogP) is 6.91. The standard InChI is InChI=1S/C33H32N2O4S/c1-33(38-20-26-15-9-4-10-16-26)31(37-19-25-13-7-3-8-14-25)28(21-36-18-24-11-5-2-6-12-24)39-32(33)30-29-27(22-40-30)17-34-23-35-29/h2-17,22-23,28,31-32H,18-21H2,1H3/t28-,31-,32+,33-/m1/s1. The van der Waals surface area contributed by atoms with Crippen molar-refractivity contribution in [2.45, 2.75) is 50.7 Å². The van der Waals surface area contributed by atoms with E-state index in [4.69, 9.17) is 18.9 Å². The summed E-state index contributed by atoms with van der Waals surface area (Å²) in [6, 6.07) is 30.6. The molecule has 0 bridgehead atoms. The second kappa shape index (κ2) is 12.4. The highest BCUT2D eigenvalue weighted by Crippen LogP contribution is 2.49. The topological polar surface area (TPSA) is 62.7 Å². The van der Waals surface area contributed by atoms with Gasteiger partial charge in [0.05, 0.1) is 36.8 Å². The minimum atomic E-state index is -0.811. The summed E-state index contributed by atoms with van der Waals surface area (Å²) in [7, 11) is 0. The van der Waals surface area contributed by atoms with Crippen molar-refractivity contribution in [2.75, 3.05) is 6.61 Å². The number of fused-ring (bicyclic) bond motifs is 1. The molecule has 2 aromatic heterocycles. The summed E-state index contributed by atoms with van der Waals surface area (Å²) < 4.78 is 26.6. The van der Waals surface area contributed by atoms with Crippen LogP contribution in [0.25, 0.3) is 10.9 Å². The van der Waals surface area contributed by atoms with Crippen LogP contribution in [0.15, 0.2) is 109 Å². The minimum Gasteiger partial charge on any atom is -0.374 e. The summed E-state index contributed by atoms with van der Waals surface area (Å²) in [6.45, 7) is 3.83. The van der Waals surface area contributed by atoms with E-state index in [2.05, 4.69) is 58.7 Å². The van der Waals surface area contributed by atoms with Gasteiger partial charge in [0, 0.05) is 17.0 Å². The van der Waals surface area contributed by atoms with E-state index in [0.717, 1.165) is 32.5 Å². The van der Waals surface area contributed by atoms with E-state index >= 15 is 0 Å². The largest absolute Gasteiger partial charge is 0.374 e. The zero-order valence-electron chi connectivity index (χ0n) is 22.4. The van der Waals surface area contributed by atoms with Gasteiger partial charge in [-0.05, 0) is 23.6 Å². The van der Waals surface area contributed by atoms with Gasteiger partial charge in [0.25, 0.3) is 0 Å². The molecular weight excluding hydrogens is 520 g/mol. The highest BCUT2D eigenvalue weighted by Gasteiger charge is 2.57. The van der Waals surface area contributed by atoms with E-state index < -0.39 is 17.8 Å². The zero-order valence-corrected chi connectivity index (χ0v) is 23.2. The molecule has 204 valence electrons. The molecule has 1 aliphatic heterocycles. The molecule has 0 saturated carbocycles. The van der Waals surface area contributed by atoms with Gasteiger partial charge in [-0.15, -0.1) is 11.3 Å². The molecule has 4 atom stereocenters. The normalized spacial score (nSPS) is 22.6. The fraction of sp³-hybridized carbons (Fsp3) is 0.273. The van der Waals surface area contributed by atoms with Gasteiger partial charge in [0.15, 0.2) is 0 Å². The molecular formula is C33H32N2O4S. The number of hydrogen-bond donors (Lipinski definition) is 0. The SMILES string of the molecule is C[C@@]1(OCc2ccccc2)[C@H](OCc2ccccc2)[C@@H](COCc2ccccc2)O[C@H]1c1scc2cncnc12. The van der Waals surface area contributed by atoms with Crippen molar-refractivity contribution in [1.29, 1.82) is 0 Å². The van der Waals surface area contributed by atoms with Crippen LogP contribution < -0.4 is 0 Å². The number of hydrogen-bond acceptors (Lipinski definition) is 7. The zero-order chi connectivity index (χ0) is 27.2. The average Bonchev–Trinajstić information content (AvgIpc) is 3.55. The summed E-state index contributed by atoms with van der Waals surface area (Å²) in [5.74, 6) is 0. The monoisotopic (exact) mass is 552 g/mol. The molecule has 6 nitrogen and oxygen atoms in total. The number of rotatable bonds is 11. The van der Waals surface area contributed by atoms with Crippen molar-refractivity contribution < 1.29 is 18.9 Å². The van der Waals surface area contributed by atoms with Gasteiger partial charge in [-0.3, -0.25) is 0 Å². The van der Waals surface area contributed by atoms with Crippen molar-refractivity contribution in [3.05, 3.63) is 130 Å². The third-order valence-corrected chi connectivity index (χ3v) is 8.35. The van der Waals surface area contributed by atoms with Crippen molar-refractivity contribution in [3.63, 3.8) is 0 Å². The van der Waals surface area contributed by atoms with E-state index in [0.29, 0.717) is 26.4 Å². The first-order valence-electron chi connectivity index (χ1n) is 13.5. The molecule has 1 aliphatic rings. The molecule has 40 heavy (non-hydrogen) atoms. The van der Waals surface area contributed by atoms with E-state index in [1.165, 1.54) is 0 Å². The lowest BCUT2D eigenvalue weighted by molar-refractivity contribution is -0.147. The van der Waals surface area contributed by atoms with Crippen LogP contribution in [0.4, 0.5) is 0 Å². The Hall–Kier alpha value is -3.46. The molecule has 7 heteroatoms. The first kappa shape index (κ1) is 26.7. The quantitative estimate of drug-likeness (QED) is 0.177. The van der Waals surface area contributed by atoms with Crippen molar-refractivity contribution >= 4 is 22.2 Å². The smallest absolute Gasteiger partial charge is 0.126 e. The predicted molar refractivity (Wildman–Crippen MR) is 156 cm³/mol. The lowest BCUT2D eigenvalue weighted by Gasteiger charge is -2.35. The highest BCUT2D eigenvalue weighted by molar-refractivity contribution is 7.11. The van der Waals surface area contributed by atoms with Crippen molar-refractivity contribution in [3.8, 4) is 0 Å². The van der Waals surface area contributed by atoms with Gasteiger partial charge < -0.3 is 18.9 Å². The maximum atomic E-state index is 6.83. The third-order valence-electron chi connectivity index (χ3n) is 7.32. The molecule has 0 spiro atoms. The van der Waals surface area contributed by atoms with Gasteiger partial charge in [0.1, 0.15) is 30.2 Å². The van der Waals surface area contributed by atoms with Crippen LogP contribution in [0, 0.1) is 0 Å². The summed E-state index contributed by atoms with van der Waals surface area (Å²) in [5.41, 5.74) is 3.37. The fourth-order valence-corrected chi connectivity index (χ4v) is 6.34. The lowest BCUT2D eigenvalue weighted by atomic mass is 9.90. The van der Waals surface area contributed by atoms with Gasteiger partial charge in [-0.1, -0.05) is 91.0 Å². The first-order valence-corrected chi connectivity index (χ1v) is 14.4. The molecule has 1 fully saturated rings. The van der Waals surface area contributed by atoms with Gasteiger partial charge >= 0.3 is 0 Å². The minimum absolute atomic E-state index is 0.350. The fourth-order valence-electron chi connectivity index (χ4n) is 5.22. The second-order valence-corrected chi connectivity index (χ2v) is 11.1. The Morgan fingerprint density at radius 1 is 0.825 bits per heavy atom. The van der Waals surface area contributed by atoms with Crippen LogP contribution in [0.2, 0.25) is 0 Å². The van der Waals surface area contributed by atoms with Crippen LogP contribution in [0.1, 0.15) is 34.6 Å². The number of aromatic nitrogens is 2. The molecule has 0 unspecified atom stereocenters. The Kier molecular flexibility index (Phi) is 8.27. The lowest BCUT2D eigenvalue weighted by Crippen LogP contribution is -2.47. The van der Waals surface area contributed by atoms with Crippen LogP contribution in [-0.2, 0) is 38.8 Å². The van der Waals surface area contributed by atoms with Gasteiger partial charge in [0.2, 0.25) is 0 Å². The Morgan fingerprint density at radius 2 is 1.45 bits per heavy atom. The van der Waals surface area contributed by atoms with E-state index in [1.54, 1.807) is 17.7 Å². The van der Waals surface area contributed by atoms with Crippen LogP contribution in [0.3, 0.4) is 0 Å². The molecule has 0 radical (unpaired) electrons. The number of nitrogens with zero attached hydrogens (tertiary/aromatic N) is 2. The molecule has 0 amide bonds. The molecule has 1 saturated heterocycles. The number of benzene rings is 3. The molecule has 0 aliphatic carbocycles. The average molecular weight is 553 g/mol. The van der Waals surface area contributed by atoms with Gasteiger partial charge in [-0.2, -0.15) is 0 Å².